The molecule has 0 unspecified atom stereocenters. The monoisotopic (exact) mass is 1190 g/mol. The Balaban J connectivity index is -0.000000972. The number of aliphatic hydroxyl groups excluding tert-OH is 3. The topological polar surface area (TPSA) is 399 Å². The van der Waals surface area contributed by atoms with Crippen LogP contribution in [0.25, 0.3) is 0 Å². The first-order chi connectivity index (χ1) is 39.1. The number of alkyl carbamates (subject to hydrolysis) is 3. The van der Waals surface area contributed by atoms with Crippen molar-refractivity contribution >= 4 is 35.3 Å². The number of nitrogen functional groups attached to an aromatic ring is 1. The SMILES string of the molecule is C1CCOC1.CC(C)(C)OC(=O)NCCOCCO.CC(C)(C)OC(=O)NCCOCCOc1cccc(N)c1.CC(C)(C)OC(=O)NCCOCCOc1cccc([N+](=O)[O-])c1.CCO.NCCOCCO.O=[N+]([O-])c1cccc(O)c1. The van der Waals surface area contributed by atoms with Gasteiger partial charge >= 0.3 is 18.3 Å². The highest BCUT2D eigenvalue weighted by Gasteiger charge is 2.17. The first-order valence-electron chi connectivity index (χ1n) is 26.7. The van der Waals surface area contributed by atoms with Gasteiger partial charge in [-0.1, -0.05) is 18.2 Å². The Morgan fingerprint density at radius 3 is 1.24 bits per heavy atom. The summed E-state index contributed by atoms with van der Waals surface area (Å²) in [6.45, 7) is 25.6. The van der Waals surface area contributed by atoms with Crippen LogP contribution in [-0.2, 0) is 37.9 Å². The summed E-state index contributed by atoms with van der Waals surface area (Å²) >= 11 is 0. The van der Waals surface area contributed by atoms with Crippen molar-refractivity contribution in [3.63, 3.8) is 0 Å². The first-order valence-corrected chi connectivity index (χ1v) is 26.7. The summed E-state index contributed by atoms with van der Waals surface area (Å²) in [7, 11) is 0. The number of nitrogens with one attached hydrogen (secondary N) is 3. The Morgan fingerprint density at radius 1 is 0.554 bits per heavy atom. The number of benzene rings is 3. The number of nitrogens with zero attached hydrogens (tertiary/aromatic N) is 2. The van der Waals surface area contributed by atoms with Crippen LogP contribution in [0.15, 0.2) is 72.8 Å². The summed E-state index contributed by atoms with van der Waals surface area (Å²) in [5.74, 6) is 1.04. The lowest BCUT2D eigenvalue weighted by Gasteiger charge is -2.19. The molecule has 4 rings (SSSR count). The molecule has 28 nitrogen and oxygen atoms in total. The number of non-ortho nitro benzene ring substituents is 2. The maximum absolute atomic E-state index is 11.4. The van der Waals surface area contributed by atoms with Gasteiger partial charge < -0.3 is 95.2 Å². The Labute approximate surface area is 488 Å². The fourth-order valence-corrected chi connectivity index (χ4v) is 5.08. The number of nitrogens with two attached hydrogens (primary N) is 2. The van der Waals surface area contributed by atoms with Crippen LogP contribution in [0.2, 0.25) is 0 Å². The van der Waals surface area contributed by atoms with Gasteiger partial charge in [0.15, 0.2) is 0 Å². The summed E-state index contributed by atoms with van der Waals surface area (Å²) in [6.07, 6.45) is 1.17. The summed E-state index contributed by atoms with van der Waals surface area (Å²) in [6, 6.07) is 18.4. The molecule has 0 saturated carbocycles. The molecule has 1 aliphatic heterocycles. The number of aromatic hydroxyl groups is 1. The van der Waals surface area contributed by atoms with E-state index in [9.17, 15) is 34.6 Å². The Kier molecular flexibility index (Phi) is 49.2. The predicted octanol–water partition coefficient (Wildman–Crippen LogP) is 6.27. The number of ether oxygens (including phenoxy) is 10. The van der Waals surface area contributed by atoms with Crippen molar-refractivity contribution < 1.29 is 92.0 Å². The van der Waals surface area contributed by atoms with Crippen molar-refractivity contribution in [2.45, 2.75) is 98.9 Å². The minimum atomic E-state index is -0.556. The average molecular weight is 1190 g/mol. The normalized spacial score (nSPS) is 11.3. The van der Waals surface area contributed by atoms with Crippen LogP contribution in [-0.4, -0.2) is 191 Å². The van der Waals surface area contributed by atoms with Crippen LogP contribution in [0.3, 0.4) is 0 Å². The third-order valence-corrected chi connectivity index (χ3v) is 8.22. The molecule has 1 aliphatic rings. The first kappa shape index (κ1) is 80.3. The zero-order valence-electron chi connectivity index (χ0n) is 50.1. The van der Waals surface area contributed by atoms with E-state index in [1.54, 1.807) is 72.7 Å². The summed E-state index contributed by atoms with van der Waals surface area (Å²) < 4.78 is 51.2. The largest absolute Gasteiger partial charge is 0.508 e. The molecule has 83 heavy (non-hydrogen) atoms. The number of phenolic OH excluding ortho intramolecular Hbond substituents is 1. The number of carbonyl (C=O) groups excluding carboxylic acids is 3. The quantitative estimate of drug-likeness (QED) is 0.0148. The molecule has 0 aromatic heterocycles. The molecule has 3 amide bonds. The molecule has 476 valence electrons. The van der Waals surface area contributed by atoms with Gasteiger partial charge in [-0.2, -0.15) is 0 Å². The lowest BCUT2D eigenvalue weighted by atomic mass is 10.2. The molecule has 0 atom stereocenters. The van der Waals surface area contributed by atoms with Crippen LogP contribution in [0, 0.1) is 20.2 Å². The van der Waals surface area contributed by atoms with E-state index >= 15 is 0 Å². The second-order valence-corrected chi connectivity index (χ2v) is 19.4. The summed E-state index contributed by atoms with van der Waals surface area (Å²) in [5.41, 5.74) is 9.74. The van der Waals surface area contributed by atoms with Crippen molar-refractivity contribution in [1.82, 2.24) is 16.0 Å². The van der Waals surface area contributed by atoms with Gasteiger partial charge in [-0.3, -0.25) is 20.2 Å². The van der Waals surface area contributed by atoms with Gasteiger partial charge in [-0.25, -0.2) is 14.4 Å². The Morgan fingerprint density at radius 2 is 0.916 bits per heavy atom. The molecule has 0 spiro atoms. The highest BCUT2D eigenvalue weighted by Crippen LogP contribution is 2.19. The molecule has 28 heteroatoms. The van der Waals surface area contributed by atoms with Crippen molar-refractivity contribution in [2.75, 3.05) is 131 Å². The number of aliphatic hydroxyl groups is 3. The number of hydrogen-bond donors (Lipinski definition) is 9. The van der Waals surface area contributed by atoms with Gasteiger partial charge in [0.2, 0.25) is 0 Å². The number of rotatable bonds is 25. The third-order valence-electron chi connectivity index (χ3n) is 8.22. The summed E-state index contributed by atoms with van der Waals surface area (Å²) in [4.78, 5) is 53.4. The number of nitro benzene ring substituents is 2. The van der Waals surface area contributed by atoms with Crippen LogP contribution in [0.1, 0.15) is 82.1 Å². The molecule has 11 N–H and O–H groups in total. The van der Waals surface area contributed by atoms with Gasteiger partial charge in [0, 0.05) is 69.9 Å². The van der Waals surface area contributed by atoms with Gasteiger partial charge in [0.05, 0.1) is 88.0 Å². The number of carbonyl (C=O) groups is 3. The maximum Gasteiger partial charge on any atom is 0.407 e. The molecule has 0 aliphatic carbocycles. The minimum Gasteiger partial charge on any atom is -0.508 e. The zero-order valence-corrected chi connectivity index (χ0v) is 50.1. The van der Waals surface area contributed by atoms with E-state index in [1.807, 2.05) is 32.9 Å². The minimum absolute atomic E-state index is 0.00750. The van der Waals surface area contributed by atoms with Crippen molar-refractivity contribution in [1.29, 1.82) is 0 Å². The second kappa shape index (κ2) is 50.8. The van der Waals surface area contributed by atoms with E-state index in [0.717, 1.165) is 19.3 Å². The zero-order chi connectivity index (χ0) is 63.4. The average Bonchev–Trinajstić information content (AvgIpc) is 4.00. The Hall–Kier alpha value is -6.89. The van der Waals surface area contributed by atoms with E-state index in [1.165, 1.54) is 43.2 Å². The highest BCUT2D eigenvalue weighted by molar-refractivity contribution is 5.68. The van der Waals surface area contributed by atoms with Gasteiger partial charge in [0.25, 0.3) is 11.4 Å². The van der Waals surface area contributed by atoms with E-state index in [2.05, 4.69) is 16.0 Å². The lowest BCUT2D eigenvalue weighted by molar-refractivity contribution is -0.385. The molecule has 0 bridgehead atoms. The van der Waals surface area contributed by atoms with E-state index in [0.29, 0.717) is 96.2 Å². The van der Waals surface area contributed by atoms with Crippen molar-refractivity contribution in [3.05, 3.63) is 93.0 Å². The number of anilines is 1. The Bertz CT molecular complexity index is 2110. The van der Waals surface area contributed by atoms with Crippen LogP contribution < -0.4 is 36.9 Å². The standard InChI is InChI=1S/C15H22N2O6.C15H24N2O4.C9H19NO4.C6H5NO3.C4H11NO2.C4H8O.C2H6O/c1-15(2,3)23-14(18)16-7-8-21-9-10-22-13-6-4-5-12(11-13)17(19)20;1-15(2,3)21-14(18)17-7-8-19-9-10-20-13-6-4-5-12(16)11-13;1-9(2,3)14-8(12)10-4-6-13-7-5-11;8-6-3-1-2-5(4-6)7(9)10;5-1-3-7-4-2-6;1-2-4-5-3-1;1-2-3/h4-6,11H,7-10H2,1-3H3,(H,16,18);4-6,11H,7-10,16H2,1-3H3,(H,17,18);11H,4-7H2,1-3H3,(H,10,12);1-4,8H;6H,1-5H2;1-4H2;3H,2H2,1H3. The summed E-state index contributed by atoms with van der Waals surface area (Å²) in [5, 5.41) is 61.2. The smallest absolute Gasteiger partial charge is 0.407 e. The predicted molar refractivity (Wildman–Crippen MR) is 312 cm³/mol. The fraction of sp³-hybridized carbons (Fsp3) is 0.618. The second-order valence-electron chi connectivity index (χ2n) is 19.4. The van der Waals surface area contributed by atoms with E-state index < -0.39 is 44.9 Å². The molecule has 1 saturated heterocycles. The number of amides is 3. The molecule has 1 heterocycles. The third kappa shape index (κ3) is 59.5. The van der Waals surface area contributed by atoms with Crippen LogP contribution >= 0.6 is 0 Å². The molecular weight excluding hydrogens is 1090 g/mol. The van der Waals surface area contributed by atoms with Gasteiger partial charge in [-0.15, -0.1) is 0 Å². The van der Waals surface area contributed by atoms with Crippen LogP contribution in [0.4, 0.5) is 31.4 Å². The number of phenols is 1. The van der Waals surface area contributed by atoms with E-state index in [4.69, 9.17) is 79.3 Å². The number of hydrogen-bond acceptors (Lipinski definition) is 23. The fourth-order valence-electron chi connectivity index (χ4n) is 5.08. The number of nitro groups is 2. The highest BCUT2D eigenvalue weighted by atomic mass is 16.6. The molecular formula is C55H95N7O21. The molecule has 1 fully saturated rings. The lowest BCUT2D eigenvalue weighted by Crippen LogP contribution is -2.34. The molecule has 3 aromatic rings. The van der Waals surface area contributed by atoms with Crippen molar-refractivity contribution in [2.24, 2.45) is 5.73 Å². The van der Waals surface area contributed by atoms with Crippen molar-refractivity contribution in [3.8, 4) is 17.2 Å². The maximum atomic E-state index is 11.4. The van der Waals surface area contributed by atoms with Crippen LogP contribution in [0.5, 0.6) is 17.2 Å². The van der Waals surface area contributed by atoms with Gasteiger partial charge in [0.1, 0.15) is 47.3 Å². The molecule has 3 aromatic carbocycles. The molecule has 0 radical (unpaired) electrons. The van der Waals surface area contributed by atoms with Gasteiger partial charge in [-0.05, 0) is 106 Å². The van der Waals surface area contributed by atoms with E-state index in [-0.39, 0.29) is 50.2 Å².